The second-order valence-corrected chi connectivity index (χ2v) is 11.1. The summed E-state index contributed by atoms with van der Waals surface area (Å²) in [5.74, 6) is 0.538. The van der Waals surface area contributed by atoms with Crippen LogP contribution in [0.1, 0.15) is 22.8 Å². The fourth-order valence-corrected chi connectivity index (χ4v) is 7.10. The Labute approximate surface area is 159 Å². The molecule has 0 saturated carbocycles. The summed E-state index contributed by atoms with van der Waals surface area (Å²) in [4.78, 5) is 0.197. The molecule has 2 heterocycles. The van der Waals surface area contributed by atoms with E-state index in [0.29, 0.717) is 18.6 Å². The molecule has 27 heavy (non-hydrogen) atoms. The summed E-state index contributed by atoms with van der Waals surface area (Å²) in [5, 5.41) is -0.674. The Morgan fingerprint density at radius 2 is 1.81 bits per heavy atom. The van der Waals surface area contributed by atoms with Gasteiger partial charge < -0.3 is 4.74 Å². The highest BCUT2D eigenvalue weighted by molar-refractivity contribution is 7.92. The summed E-state index contributed by atoms with van der Waals surface area (Å²) in [6, 6.07) is 13.9. The molecule has 2 aromatic rings. The lowest BCUT2D eigenvalue weighted by Crippen LogP contribution is -2.33. The van der Waals surface area contributed by atoms with Gasteiger partial charge in [-0.05, 0) is 35.7 Å². The van der Waals surface area contributed by atoms with Gasteiger partial charge >= 0.3 is 0 Å². The van der Waals surface area contributed by atoms with Crippen molar-refractivity contribution in [3.05, 3.63) is 59.7 Å². The van der Waals surface area contributed by atoms with Crippen LogP contribution in [0.3, 0.4) is 0 Å². The molecule has 2 aliphatic rings. The van der Waals surface area contributed by atoms with Crippen molar-refractivity contribution in [2.75, 3.05) is 25.4 Å². The van der Waals surface area contributed by atoms with Crippen molar-refractivity contribution in [3.8, 4) is 5.75 Å². The minimum atomic E-state index is -3.75. The summed E-state index contributed by atoms with van der Waals surface area (Å²) in [6.07, 6.45) is 0.933. The van der Waals surface area contributed by atoms with Gasteiger partial charge in [-0.1, -0.05) is 30.3 Å². The molecule has 1 atom stereocenters. The number of sulfonamides is 1. The molecule has 1 fully saturated rings. The minimum absolute atomic E-state index is 0.0262. The Morgan fingerprint density at radius 3 is 2.59 bits per heavy atom. The van der Waals surface area contributed by atoms with Crippen LogP contribution in [0.4, 0.5) is 0 Å². The van der Waals surface area contributed by atoms with E-state index in [0.717, 1.165) is 11.3 Å². The summed E-state index contributed by atoms with van der Waals surface area (Å²) in [6.45, 7) is 0.704. The molecule has 0 spiro atoms. The molecule has 1 unspecified atom stereocenters. The molecule has 2 aliphatic heterocycles. The Kier molecular flexibility index (Phi) is 4.73. The molecule has 144 valence electrons. The smallest absolute Gasteiger partial charge is 0.243 e. The highest BCUT2D eigenvalue weighted by Gasteiger charge is 2.35. The number of sulfone groups is 1. The van der Waals surface area contributed by atoms with E-state index in [1.807, 2.05) is 6.07 Å². The van der Waals surface area contributed by atoms with Gasteiger partial charge in [-0.3, -0.25) is 0 Å². The molecule has 2 aromatic carbocycles. The van der Waals surface area contributed by atoms with E-state index in [1.54, 1.807) is 36.4 Å². The summed E-state index contributed by atoms with van der Waals surface area (Å²) in [5.41, 5.74) is 1.59. The largest absolute Gasteiger partial charge is 0.493 e. The molecular weight excluding hydrogens is 386 g/mol. The van der Waals surface area contributed by atoms with E-state index in [4.69, 9.17) is 4.74 Å². The SMILES string of the molecule is O=S1(=O)CCN(S(=O)(=O)c2ccc3c(c2)CCO3)CCC1c1ccccc1. The summed E-state index contributed by atoms with van der Waals surface area (Å²) >= 11 is 0. The summed E-state index contributed by atoms with van der Waals surface area (Å²) in [7, 11) is -7.17. The zero-order chi connectivity index (χ0) is 19.1. The van der Waals surface area contributed by atoms with Gasteiger partial charge in [-0.15, -0.1) is 0 Å². The van der Waals surface area contributed by atoms with Gasteiger partial charge in [-0.25, -0.2) is 16.8 Å². The van der Waals surface area contributed by atoms with Gasteiger partial charge in [0.25, 0.3) is 0 Å². The first-order chi connectivity index (χ1) is 12.9. The lowest BCUT2D eigenvalue weighted by molar-refractivity contribution is 0.356. The van der Waals surface area contributed by atoms with Gasteiger partial charge in [0.2, 0.25) is 10.0 Å². The van der Waals surface area contributed by atoms with E-state index < -0.39 is 25.1 Å². The maximum Gasteiger partial charge on any atom is 0.243 e. The van der Waals surface area contributed by atoms with Crippen LogP contribution in [0.5, 0.6) is 5.75 Å². The first kappa shape index (κ1) is 18.5. The first-order valence-electron chi connectivity index (χ1n) is 8.90. The molecular formula is C19H21NO5S2. The van der Waals surface area contributed by atoms with E-state index in [2.05, 4.69) is 0 Å². The average Bonchev–Trinajstić information content (AvgIpc) is 3.05. The van der Waals surface area contributed by atoms with Gasteiger partial charge in [0.05, 0.1) is 22.5 Å². The van der Waals surface area contributed by atoms with Crippen LogP contribution in [-0.4, -0.2) is 46.6 Å². The van der Waals surface area contributed by atoms with E-state index in [9.17, 15) is 16.8 Å². The minimum Gasteiger partial charge on any atom is -0.493 e. The number of nitrogens with zero attached hydrogens (tertiary/aromatic N) is 1. The third-order valence-corrected chi connectivity index (χ3v) is 9.19. The Morgan fingerprint density at radius 1 is 1.04 bits per heavy atom. The quantitative estimate of drug-likeness (QED) is 0.779. The molecule has 0 N–H and O–H groups in total. The highest BCUT2D eigenvalue weighted by atomic mass is 32.2. The Balaban J connectivity index is 1.62. The van der Waals surface area contributed by atoms with Gasteiger partial charge in [0, 0.05) is 19.5 Å². The number of ether oxygens (including phenoxy) is 1. The average molecular weight is 408 g/mol. The fraction of sp³-hybridized carbons (Fsp3) is 0.368. The number of hydrogen-bond donors (Lipinski definition) is 0. The molecule has 8 heteroatoms. The zero-order valence-electron chi connectivity index (χ0n) is 14.7. The number of rotatable bonds is 3. The fourth-order valence-electron chi connectivity index (χ4n) is 3.68. The van der Waals surface area contributed by atoms with E-state index >= 15 is 0 Å². The van der Waals surface area contributed by atoms with Crippen molar-refractivity contribution in [2.24, 2.45) is 0 Å². The van der Waals surface area contributed by atoms with Gasteiger partial charge in [0.15, 0.2) is 9.84 Å². The standard InChI is InChI=1S/C19H21NO5S2/c21-26(22)13-11-20(10-8-19(26)15-4-2-1-3-5-15)27(23,24)17-6-7-18-16(14-17)9-12-25-18/h1-7,14,19H,8-13H2. The number of hydrogen-bond acceptors (Lipinski definition) is 5. The second kappa shape index (κ2) is 6.92. The molecule has 4 rings (SSSR count). The number of fused-ring (bicyclic) bond motifs is 1. The zero-order valence-corrected chi connectivity index (χ0v) is 16.4. The topological polar surface area (TPSA) is 80.8 Å². The first-order valence-corrected chi connectivity index (χ1v) is 12.1. The maximum absolute atomic E-state index is 13.1. The van der Waals surface area contributed by atoms with Crippen LogP contribution in [0.2, 0.25) is 0 Å². The summed E-state index contributed by atoms with van der Waals surface area (Å²) < 4.78 is 58.4. The van der Waals surface area contributed by atoms with Gasteiger partial charge in [0.1, 0.15) is 5.75 Å². The normalized spacial score (nSPS) is 22.6. The molecule has 1 saturated heterocycles. The van der Waals surface area contributed by atoms with Crippen molar-refractivity contribution in [1.29, 1.82) is 0 Å². The van der Waals surface area contributed by atoms with Crippen molar-refractivity contribution < 1.29 is 21.6 Å². The van der Waals surface area contributed by atoms with Crippen molar-refractivity contribution >= 4 is 19.9 Å². The van der Waals surface area contributed by atoms with Crippen LogP contribution in [0.25, 0.3) is 0 Å². The lowest BCUT2D eigenvalue weighted by atomic mass is 10.1. The molecule has 0 aromatic heterocycles. The Bertz CT molecular complexity index is 1050. The number of benzene rings is 2. The predicted octanol–water partition coefficient (Wildman–Crippen LogP) is 2.17. The van der Waals surface area contributed by atoms with Crippen LogP contribution < -0.4 is 4.74 Å². The van der Waals surface area contributed by atoms with Crippen molar-refractivity contribution in [1.82, 2.24) is 4.31 Å². The highest BCUT2D eigenvalue weighted by Crippen LogP contribution is 2.33. The molecule has 0 amide bonds. The van der Waals surface area contributed by atoms with Crippen LogP contribution >= 0.6 is 0 Å². The van der Waals surface area contributed by atoms with Crippen LogP contribution in [0, 0.1) is 0 Å². The monoisotopic (exact) mass is 407 g/mol. The Hall–Kier alpha value is -1.90. The van der Waals surface area contributed by atoms with Crippen LogP contribution in [0.15, 0.2) is 53.4 Å². The van der Waals surface area contributed by atoms with E-state index in [1.165, 1.54) is 10.4 Å². The van der Waals surface area contributed by atoms with Crippen molar-refractivity contribution in [2.45, 2.75) is 23.0 Å². The van der Waals surface area contributed by atoms with Crippen molar-refractivity contribution in [3.63, 3.8) is 0 Å². The molecule has 0 radical (unpaired) electrons. The second-order valence-electron chi connectivity index (χ2n) is 6.83. The van der Waals surface area contributed by atoms with Gasteiger partial charge in [-0.2, -0.15) is 4.31 Å². The molecule has 0 aliphatic carbocycles. The predicted molar refractivity (Wildman–Crippen MR) is 102 cm³/mol. The van der Waals surface area contributed by atoms with E-state index in [-0.39, 0.29) is 30.2 Å². The van der Waals surface area contributed by atoms with Crippen LogP contribution in [-0.2, 0) is 26.3 Å². The maximum atomic E-state index is 13.1. The lowest BCUT2D eigenvalue weighted by Gasteiger charge is -2.20. The molecule has 0 bridgehead atoms. The molecule has 6 nitrogen and oxygen atoms in total. The third-order valence-electron chi connectivity index (χ3n) is 5.17. The third kappa shape index (κ3) is 3.49.